The zero-order valence-corrected chi connectivity index (χ0v) is 10.9. The zero-order valence-electron chi connectivity index (χ0n) is 8.50. The van der Waals surface area contributed by atoms with Crippen molar-refractivity contribution in [3.8, 4) is 0 Å². The summed E-state index contributed by atoms with van der Waals surface area (Å²) in [6.45, 7) is 0. The van der Waals surface area contributed by atoms with Crippen LogP contribution in [-0.2, 0) is 0 Å². The van der Waals surface area contributed by atoms with Gasteiger partial charge in [0.15, 0.2) is 0 Å². The van der Waals surface area contributed by atoms with E-state index in [1.54, 1.807) is 0 Å². The van der Waals surface area contributed by atoms with Crippen molar-refractivity contribution in [1.82, 2.24) is 0 Å². The monoisotopic (exact) mass is 287 g/mol. The highest BCUT2D eigenvalue weighted by atomic mass is 79.9. The van der Waals surface area contributed by atoms with E-state index in [2.05, 4.69) is 39.4 Å². The lowest BCUT2D eigenvalue weighted by atomic mass is 9.83. The molecule has 1 fully saturated rings. The Hall–Kier alpha value is -0.210. The number of halogens is 2. The molecular weight excluding hydrogens is 273 g/mol. The fourth-order valence-corrected chi connectivity index (χ4v) is 3.23. The van der Waals surface area contributed by atoms with Crippen molar-refractivity contribution in [3.63, 3.8) is 0 Å². The van der Waals surface area contributed by atoms with Gasteiger partial charge in [-0.3, -0.25) is 0 Å². The molecular formula is C12H15BrClN. The first-order chi connectivity index (χ1) is 6.84. The number of hydrogen-bond donors (Lipinski definition) is 1. The third-order valence-electron chi connectivity index (χ3n) is 3.52. The maximum Gasteiger partial charge on any atom is 0.0379 e. The number of nitrogens with one attached hydrogen (secondary N) is 1. The highest BCUT2D eigenvalue weighted by molar-refractivity contribution is 9.10. The van der Waals surface area contributed by atoms with Gasteiger partial charge in [0.25, 0.3) is 0 Å². The third-order valence-corrected chi connectivity index (χ3v) is 4.01. The van der Waals surface area contributed by atoms with E-state index in [0.717, 1.165) is 5.92 Å². The van der Waals surface area contributed by atoms with Crippen molar-refractivity contribution in [1.29, 1.82) is 0 Å². The van der Waals surface area contributed by atoms with E-state index in [1.807, 2.05) is 0 Å². The first-order valence-electron chi connectivity index (χ1n) is 5.40. The van der Waals surface area contributed by atoms with E-state index in [1.165, 1.54) is 41.4 Å². The van der Waals surface area contributed by atoms with Crippen LogP contribution in [-0.4, -0.2) is 6.04 Å². The summed E-state index contributed by atoms with van der Waals surface area (Å²) in [5.41, 5.74) is 2.90. The van der Waals surface area contributed by atoms with Gasteiger partial charge in [0, 0.05) is 22.1 Å². The van der Waals surface area contributed by atoms with E-state index in [0.29, 0.717) is 6.04 Å². The van der Waals surface area contributed by atoms with Gasteiger partial charge >= 0.3 is 0 Å². The summed E-state index contributed by atoms with van der Waals surface area (Å²) in [4.78, 5) is 0. The second-order valence-electron chi connectivity index (χ2n) is 4.37. The van der Waals surface area contributed by atoms with Crippen LogP contribution in [0.3, 0.4) is 0 Å². The van der Waals surface area contributed by atoms with Crippen molar-refractivity contribution >= 4 is 34.0 Å². The van der Waals surface area contributed by atoms with E-state index in [9.17, 15) is 0 Å². The van der Waals surface area contributed by atoms with E-state index in [4.69, 9.17) is 0 Å². The molecule has 1 saturated carbocycles. The molecule has 1 nitrogen and oxygen atoms in total. The Morgan fingerprint density at radius 2 is 2.00 bits per heavy atom. The van der Waals surface area contributed by atoms with Crippen molar-refractivity contribution in [3.05, 3.63) is 28.2 Å². The molecule has 0 unspecified atom stereocenters. The van der Waals surface area contributed by atoms with Crippen molar-refractivity contribution in [2.24, 2.45) is 0 Å². The Morgan fingerprint density at radius 1 is 1.20 bits per heavy atom. The predicted molar refractivity (Wildman–Crippen MR) is 70.0 cm³/mol. The summed E-state index contributed by atoms with van der Waals surface area (Å²) < 4.78 is 1.21. The Balaban J connectivity index is 0.000000853. The summed E-state index contributed by atoms with van der Waals surface area (Å²) in [5, 5.41) is 3.64. The molecule has 0 spiro atoms. The van der Waals surface area contributed by atoms with E-state index < -0.39 is 0 Å². The zero-order chi connectivity index (χ0) is 9.54. The van der Waals surface area contributed by atoms with Crippen molar-refractivity contribution in [2.75, 3.05) is 5.32 Å². The molecule has 2 atom stereocenters. The smallest absolute Gasteiger partial charge is 0.0379 e. The molecule has 0 saturated heterocycles. The number of hydrogen-bond acceptors (Lipinski definition) is 1. The average molecular weight is 289 g/mol. The van der Waals surface area contributed by atoms with Crippen molar-refractivity contribution < 1.29 is 0 Å². The topological polar surface area (TPSA) is 12.0 Å². The van der Waals surface area contributed by atoms with E-state index >= 15 is 0 Å². The van der Waals surface area contributed by atoms with Gasteiger partial charge in [0.05, 0.1) is 0 Å². The molecule has 0 radical (unpaired) electrons. The SMILES string of the molecule is Brc1ccc2c(c1)[C@H]1CCCC[C@H]1N2.Cl. The van der Waals surface area contributed by atoms with E-state index in [-0.39, 0.29) is 12.4 Å². The molecule has 1 heterocycles. The standard InChI is InChI=1S/C12H14BrN.ClH/c13-8-5-6-12-10(7-8)9-3-1-2-4-11(9)14-12;/h5-7,9,11,14H,1-4H2;1H/t9-,11-;/m1./s1. The van der Waals surface area contributed by atoms with Gasteiger partial charge < -0.3 is 5.32 Å². The molecule has 3 heteroatoms. The van der Waals surface area contributed by atoms with Crippen molar-refractivity contribution in [2.45, 2.75) is 37.6 Å². The van der Waals surface area contributed by atoms with Crippen LogP contribution >= 0.6 is 28.3 Å². The largest absolute Gasteiger partial charge is 0.381 e. The molecule has 1 aromatic carbocycles. The molecule has 2 aliphatic rings. The molecule has 3 rings (SSSR count). The molecule has 0 amide bonds. The normalized spacial score (nSPS) is 27.3. The number of rotatable bonds is 0. The summed E-state index contributed by atoms with van der Waals surface area (Å²) in [6.07, 6.45) is 5.50. The number of anilines is 1. The molecule has 1 N–H and O–H groups in total. The highest BCUT2D eigenvalue weighted by Gasteiger charge is 2.33. The lowest BCUT2D eigenvalue weighted by molar-refractivity contribution is 0.422. The number of benzene rings is 1. The molecule has 0 aromatic heterocycles. The molecule has 1 aromatic rings. The number of fused-ring (bicyclic) bond motifs is 3. The van der Waals surface area contributed by atoms with Crippen LogP contribution < -0.4 is 5.32 Å². The minimum absolute atomic E-state index is 0. The maximum atomic E-state index is 3.64. The maximum absolute atomic E-state index is 3.64. The fraction of sp³-hybridized carbons (Fsp3) is 0.500. The van der Waals surface area contributed by atoms with Gasteiger partial charge in [-0.05, 0) is 36.6 Å². The van der Waals surface area contributed by atoms with Crippen LogP contribution in [0.5, 0.6) is 0 Å². The second kappa shape index (κ2) is 4.34. The molecule has 82 valence electrons. The first-order valence-corrected chi connectivity index (χ1v) is 6.20. The average Bonchev–Trinajstić information content (AvgIpc) is 2.56. The minimum Gasteiger partial charge on any atom is -0.381 e. The van der Waals surface area contributed by atoms with Crippen LogP contribution in [0.4, 0.5) is 5.69 Å². The highest BCUT2D eigenvalue weighted by Crippen LogP contribution is 2.44. The van der Waals surface area contributed by atoms with Gasteiger partial charge in [-0.15, -0.1) is 12.4 Å². The molecule has 0 bridgehead atoms. The second-order valence-corrected chi connectivity index (χ2v) is 5.29. The summed E-state index contributed by atoms with van der Waals surface area (Å²) in [5.74, 6) is 0.774. The van der Waals surface area contributed by atoms with Gasteiger partial charge in [-0.25, -0.2) is 0 Å². The van der Waals surface area contributed by atoms with Gasteiger partial charge in [-0.1, -0.05) is 28.8 Å². The molecule has 1 aliphatic heterocycles. The minimum atomic E-state index is 0. The fourth-order valence-electron chi connectivity index (χ4n) is 2.85. The molecule has 1 aliphatic carbocycles. The lowest BCUT2D eigenvalue weighted by Gasteiger charge is -2.25. The summed E-state index contributed by atoms with van der Waals surface area (Å²) in [7, 11) is 0. The van der Waals surface area contributed by atoms with Gasteiger partial charge in [0.1, 0.15) is 0 Å². The summed E-state index contributed by atoms with van der Waals surface area (Å²) >= 11 is 3.55. The first kappa shape index (κ1) is 11.3. The predicted octanol–water partition coefficient (Wildman–Crippen LogP) is 4.32. The van der Waals surface area contributed by atoms with Crippen LogP contribution in [0.25, 0.3) is 0 Å². The lowest BCUT2D eigenvalue weighted by Crippen LogP contribution is -2.23. The Kier molecular flexibility index (Phi) is 3.27. The Morgan fingerprint density at radius 3 is 2.87 bits per heavy atom. The Bertz CT molecular complexity index is 367. The van der Waals surface area contributed by atoms with Crippen LogP contribution in [0.15, 0.2) is 22.7 Å². The third kappa shape index (κ3) is 1.90. The van der Waals surface area contributed by atoms with Crippen LogP contribution in [0.1, 0.15) is 37.2 Å². The van der Waals surface area contributed by atoms with Crippen LogP contribution in [0.2, 0.25) is 0 Å². The Labute approximate surface area is 105 Å². The summed E-state index contributed by atoms with van der Waals surface area (Å²) in [6, 6.07) is 7.34. The van der Waals surface area contributed by atoms with Gasteiger partial charge in [-0.2, -0.15) is 0 Å². The van der Waals surface area contributed by atoms with Crippen LogP contribution in [0, 0.1) is 0 Å². The quantitative estimate of drug-likeness (QED) is 0.749. The van der Waals surface area contributed by atoms with Gasteiger partial charge in [0.2, 0.25) is 0 Å². The molecule has 15 heavy (non-hydrogen) atoms.